The molecule has 122 valence electrons. The van der Waals surface area contributed by atoms with Crippen molar-refractivity contribution in [2.45, 2.75) is 18.9 Å². The summed E-state index contributed by atoms with van der Waals surface area (Å²) in [5, 5.41) is 2.52. The minimum absolute atomic E-state index is 0.0220. The van der Waals surface area contributed by atoms with Crippen molar-refractivity contribution in [2.75, 3.05) is 13.1 Å². The van der Waals surface area contributed by atoms with Gasteiger partial charge in [-0.1, -0.05) is 0 Å². The van der Waals surface area contributed by atoms with Crippen molar-refractivity contribution < 1.29 is 4.79 Å². The molecule has 0 spiro atoms. The standard InChI is InChI=1S/C16H16N6OS/c23-16(14-10-24-15(20-14)13-8-17-3-4-19-13)21-6-1-2-12(9-21)22-7-5-18-11-22/h3-5,7-8,10-12H,1-2,6,9H2/t12-/m1/s1. The lowest BCUT2D eigenvalue weighted by molar-refractivity contribution is 0.0674. The Balaban J connectivity index is 1.50. The van der Waals surface area contributed by atoms with Crippen LogP contribution in [0.3, 0.4) is 0 Å². The van der Waals surface area contributed by atoms with E-state index in [9.17, 15) is 4.79 Å². The van der Waals surface area contributed by atoms with Crippen LogP contribution < -0.4 is 0 Å². The zero-order valence-electron chi connectivity index (χ0n) is 12.9. The van der Waals surface area contributed by atoms with Gasteiger partial charge in [0, 0.05) is 43.3 Å². The van der Waals surface area contributed by atoms with E-state index in [1.807, 2.05) is 17.4 Å². The number of amides is 1. The van der Waals surface area contributed by atoms with Crippen LogP contribution in [0.5, 0.6) is 0 Å². The summed E-state index contributed by atoms with van der Waals surface area (Å²) >= 11 is 1.42. The molecule has 0 saturated carbocycles. The Hall–Kier alpha value is -2.61. The predicted octanol–water partition coefficient (Wildman–Crippen LogP) is 2.27. The third-order valence-corrected chi connectivity index (χ3v) is 5.00. The quantitative estimate of drug-likeness (QED) is 0.731. The zero-order valence-corrected chi connectivity index (χ0v) is 13.8. The summed E-state index contributed by atoms with van der Waals surface area (Å²) in [5.74, 6) is -0.0220. The molecule has 0 aliphatic carbocycles. The van der Waals surface area contributed by atoms with E-state index in [1.54, 1.807) is 30.2 Å². The third kappa shape index (κ3) is 2.92. The van der Waals surface area contributed by atoms with Crippen LogP contribution in [0, 0.1) is 0 Å². The topological polar surface area (TPSA) is 76.8 Å². The van der Waals surface area contributed by atoms with E-state index in [2.05, 4.69) is 24.5 Å². The van der Waals surface area contributed by atoms with Gasteiger partial charge in [-0.3, -0.25) is 14.8 Å². The highest BCUT2D eigenvalue weighted by molar-refractivity contribution is 7.13. The first-order valence-corrected chi connectivity index (χ1v) is 8.68. The molecule has 0 radical (unpaired) electrons. The van der Waals surface area contributed by atoms with Crippen molar-refractivity contribution in [3.63, 3.8) is 0 Å². The highest BCUT2D eigenvalue weighted by Gasteiger charge is 2.26. The number of imidazole rings is 1. The molecule has 4 heterocycles. The van der Waals surface area contributed by atoms with Crippen molar-refractivity contribution >= 4 is 17.2 Å². The first-order valence-electron chi connectivity index (χ1n) is 7.80. The van der Waals surface area contributed by atoms with E-state index in [1.165, 1.54) is 11.3 Å². The van der Waals surface area contributed by atoms with Crippen molar-refractivity contribution in [2.24, 2.45) is 0 Å². The first-order chi connectivity index (χ1) is 11.8. The Bertz CT molecular complexity index is 816. The number of piperidine rings is 1. The van der Waals surface area contributed by atoms with Crippen LogP contribution in [0.25, 0.3) is 10.7 Å². The zero-order chi connectivity index (χ0) is 16.4. The Morgan fingerprint density at radius 3 is 3.00 bits per heavy atom. The van der Waals surface area contributed by atoms with Crippen LogP contribution in [0.4, 0.5) is 0 Å². The summed E-state index contributed by atoms with van der Waals surface area (Å²) in [7, 11) is 0. The van der Waals surface area contributed by atoms with Gasteiger partial charge in [-0.15, -0.1) is 11.3 Å². The summed E-state index contributed by atoms with van der Waals surface area (Å²) < 4.78 is 2.07. The van der Waals surface area contributed by atoms with Gasteiger partial charge in [0.05, 0.1) is 18.6 Å². The fourth-order valence-corrected chi connectivity index (χ4v) is 3.68. The molecule has 0 unspecified atom stereocenters. The van der Waals surface area contributed by atoms with Crippen LogP contribution in [0.1, 0.15) is 29.4 Å². The van der Waals surface area contributed by atoms with Crippen LogP contribution in [0.2, 0.25) is 0 Å². The van der Waals surface area contributed by atoms with Crippen molar-refractivity contribution in [3.05, 3.63) is 48.4 Å². The van der Waals surface area contributed by atoms with Crippen LogP contribution >= 0.6 is 11.3 Å². The van der Waals surface area contributed by atoms with Gasteiger partial charge in [0.25, 0.3) is 5.91 Å². The number of thiazole rings is 1. The van der Waals surface area contributed by atoms with Crippen LogP contribution in [0.15, 0.2) is 42.7 Å². The maximum atomic E-state index is 12.8. The Morgan fingerprint density at radius 1 is 1.25 bits per heavy atom. The van der Waals surface area contributed by atoms with Crippen molar-refractivity contribution in [1.82, 2.24) is 29.4 Å². The molecule has 3 aromatic heterocycles. The fraction of sp³-hybridized carbons (Fsp3) is 0.312. The summed E-state index contributed by atoms with van der Waals surface area (Å²) in [6.07, 6.45) is 12.5. The van der Waals surface area contributed by atoms with Gasteiger partial charge in [0.15, 0.2) is 0 Å². The van der Waals surface area contributed by atoms with Gasteiger partial charge in [-0.2, -0.15) is 0 Å². The van der Waals surface area contributed by atoms with Gasteiger partial charge >= 0.3 is 0 Å². The lowest BCUT2D eigenvalue weighted by Crippen LogP contribution is -2.40. The lowest BCUT2D eigenvalue weighted by atomic mass is 10.1. The van der Waals surface area contributed by atoms with E-state index in [-0.39, 0.29) is 11.9 Å². The Kier molecular flexibility index (Phi) is 4.04. The van der Waals surface area contributed by atoms with Gasteiger partial charge < -0.3 is 9.47 Å². The maximum Gasteiger partial charge on any atom is 0.273 e. The maximum absolute atomic E-state index is 12.8. The molecule has 0 bridgehead atoms. The third-order valence-electron chi connectivity index (χ3n) is 4.14. The van der Waals surface area contributed by atoms with E-state index in [0.717, 1.165) is 24.4 Å². The van der Waals surface area contributed by atoms with Crippen LogP contribution in [-0.4, -0.2) is 48.4 Å². The molecule has 3 aromatic rings. The van der Waals surface area contributed by atoms with Gasteiger partial charge in [-0.05, 0) is 12.8 Å². The monoisotopic (exact) mass is 340 g/mol. The highest BCUT2D eigenvalue weighted by Crippen LogP contribution is 2.25. The molecule has 1 aliphatic rings. The van der Waals surface area contributed by atoms with E-state index >= 15 is 0 Å². The minimum atomic E-state index is -0.0220. The number of rotatable bonds is 3. The molecular weight excluding hydrogens is 324 g/mol. The summed E-state index contributed by atoms with van der Waals surface area (Å²) in [4.78, 5) is 31.5. The fourth-order valence-electron chi connectivity index (χ4n) is 2.93. The van der Waals surface area contributed by atoms with Crippen molar-refractivity contribution in [3.8, 4) is 10.7 Å². The van der Waals surface area contributed by atoms with E-state index < -0.39 is 0 Å². The van der Waals surface area contributed by atoms with E-state index in [4.69, 9.17) is 0 Å². The van der Waals surface area contributed by atoms with Gasteiger partial charge in [0.2, 0.25) is 0 Å². The highest BCUT2D eigenvalue weighted by atomic mass is 32.1. The van der Waals surface area contributed by atoms with Crippen LogP contribution in [-0.2, 0) is 0 Å². The number of carbonyl (C=O) groups excluding carboxylic acids is 1. The molecule has 8 heteroatoms. The molecule has 7 nitrogen and oxygen atoms in total. The van der Waals surface area contributed by atoms with E-state index in [0.29, 0.717) is 17.9 Å². The number of likely N-dealkylation sites (tertiary alicyclic amines) is 1. The second-order valence-electron chi connectivity index (χ2n) is 5.69. The number of nitrogens with zero attached hydrogens (tertiary/aromatic N) is 6. The average Bonchev–Trinajstić information content (AvgIpc) is 3.34. The molecule has 0 N–H and O–H groups in total. The molecular formula is C16H16N6OS. The summed E-state index contributed by atoms with van der Waals surface area (Å²) in [6, 6.07) is 0.281. The Morgan fingerprint density at radius 2 is 2.21 bits per heavy atom. The predicted molar refractivity (Wildman–Crippen MR) is 89.5 cm³/mol. The number of carbonyl (C=O) groups is 1. The minimum Gasteiger partial charge on any atom is -0.335 e. The molecule has 1 fully saturated rings. The molecule has 0 aromatic carbocycles. The second-order valence-corrected chi connectivity index (χ2v) is 6.54. The number of aromatic nitrogens is 5. The summed E-state index contributed by atoms with van der Waals surface area (Å²) in [6.45, 7) is 1.45. The molecule has 1 atom stereocenters. The molecule has 1 saturated heterocycles. The normalized spacial score (nSPS) is 17.8. The Labute approximate surface area is 143 Å². The largest absolute Gasteiger partial charge is 0.335 e. The molecule has 1 amide bonds. The summed E-state index contributed by atoms with van der Waals surface area (Å²) in [5.41, 5.74) is 1.17. The first kappa shape index (κ1) is 14.9. The average molecular weight is 340 g/mol. The number of hydrogen-bond acceptors (Lipinski definition) is 6. The molecule has 24 heavy (non-hydrogen) atoms. The lowest BCUT2D eigenvalue weighted by Gasteiger charge is -2.32. The van der Waals surface area contributed by atoms with Gasteiger partial charge in [-0.25, -0.2) is 9.97 Å². The van der Waals surface area contributed by atoms with Gasteiger partial charge in [0.1, 0.15) is 16.4 Å². The van der Waals surface area contributed by atoms with Crippen molar-refractivity contribution in [1.29, 1.82) is 0 Å². The molecule has 1 aliphatic heterocycles. The SMILES string of the molecule is O=C(c1csc(-c2cnccn2)n1)N1CCC[C@@H](n2ccnc2)C1. The molecule has 4 rings (SSSR count). The second kappa shape index (κ2) is 6.48. The smallest absolute Gasteiger partial charge is 0.273 e. The number of hydrogen-bond donors (Lipinski definition) is 0.